The fourth-order valence-corrected chi connectivity index (χ4v) is 6.74. The van der Waals surface area contributed by atoms with E-state index in [0.29, 0.717) is 55.7 Å². The molecule has 0 aliphatic carbocycles. The Morgan fingerprint density at radius 1 is 0.520 bits per heavy atom. The summed E-state index contributed by atoms with van der Waals surface area (Å²) in [4.78, 5) is 90.1. The maximum Gasteiger partial charge on any atom is 0.358 e. The summed E-state index contributed by atoms with van der Waals surface area (Å²) in [5, 5.41) is 19.2. The number of ether oxygens (including phenoxy) is 3. The SMILES string of the molecule is CCc1ncc(Cl)c(C(=O)OC)n1.CCc1ncc(Cl)c(CCl)n1.CCc1ncc(Cl)c(CO)n1.COC(=O)c1nc(S(C)(=O)=O)ncc1Cl.COC(=O)c1nc(SC)ncc1Cl.CSc1ncc(Cl)c(C(=O)O)n1. The minimum Gasteiger partial charge on any atom is -0.476 e. The largest absolute Gasteiger partial charge is 0.476 e. The molecule has 6 rings (SSSR count). The van der Waals surface area contributed by atoms with Gasteiger partial charge in [-0.25, -0.2) is 87.4 Å². The highest BCUT2D eigenvalue weighted by atomic mass is 35.5. The Kier molecular flexibility index (Phi) is 32.1. The van der Waals surface area contributed by atoms with Crippen LogP contribution >= 0.6 is 105 Å². The van der Waals surface area contributed by atoms with Gasteiger partial charge in [0.1, 0.15) is 17.5 Å². The Morgan fingerprint density at radius 3 is 1.23 bits per heavy atom. The molecule has 23 nitrogen and oxygen atoms in total. The smallest absolute Gasteiger partial charge is 0.358 e. The first-order valence-corrected chi connectivity index (χ1v) is 27.6. The van der Waals surface area contributed by atoms with Gasteiger partial charge in [0.15, 0.2) is 33.1 Å². The minimum atomic E-state index is -3.57. The van der Waals surface area contributed by atoms with E-state index in [1.165, 1.54) is 62.5 Å². The Labute approximate surface area is 474 Å². The number of carboxylic acid groups (broad SMARTS) is 1. The van der Waals surface area contributed by atoms with Gasteiger partial charge in [0.05, 0.1) is 100 Å². The molecule has 0 amide bonds. The molecule has 0 fully saturated rings. The van der Waals surface area contributed by atoms with Gasteiger partial charge in [0, 0.05) is 37.9 Å². The molecule has 2 N–H and O–H groups in total. The monoisotopic (exact) mass is 1230 g/mol. The zero-order chi connectivity index (χ0) is 57.0. The van der Waals surface area contributed by atoms with E-state index in [4.69, 9.17) is 91.4 Å². The van der Waals surface area contributed by atoms with Gasteiger partial charge in [0.2, 0.25) is 15.0 Å². The molecule has 0 spiro atoms. The molecule has 0 unspecified atom stereocenters. The van der Waals surface area contributed by atoms with E-state index in [-0.39, 0.29) is 49.5 Å². The van der Waals surface area contributed by atoms with E-state index in [1.54, 1.807) is 12.5 Å². The number of aromatic nitrogens is 12. The summed E-state index contributed by atoms with van der Waals surface area (Å²) in [6.45, 7) is 5.70. The first-order valence-electron chi connectivity index (χ1n) is 20.5. The van der Waals surface area contributed by atoms with Crippen LogP contribution in [0, 0.1) is 0 Å². The minimum absolute atomic E-state index is 0.0558. The number of aromatic carboxylic acids is 1. The lowest BCUT2D eigenvalue weighted by Gasteiger charge is -2.02. The molecular weight excluding hydrogens is 1190 g/mol. The van der Waals surface area contributed by atoms with E-state index < -0.39 is 38.9 Å². The summed E-state index contributed by atoms with van der Waals surface area (Å²) >= 11 is 42.1. The Bertz CT molecular complexity index is 2880. The standard InChI is InChI=1S/C8H9ClN2O2.C7H8Cl2N2.C7H7ClN2O4S.C7H7ClN2O2S.C7H9ClN2O.C6H5ClN2O2S/c1-3-6-10-4-5(9)7(11-6)8(12)13-2;1-2-7-10-4-5(9)6(3-8)11-7;1-14-6(11)5-4(8)3-9-7(10-5)15(2,12)13;1-12-6(11)5-4(8)3-9-7(10-5)13-2;1-2-7-9-3-5(8)6(4-11)10-7;1-12-6-8-2-3(7)4(9-6)5(10)11/h4H,3H2,1-2H3;4H,2-3H2,1H3;3H,1-2H3;3H,1-2H3;3,11H,2,4H2,1H3;2H,1H3,(H,10,11). The lowest BCUT2D eigenvalue weighted by Crippen LogP contribution is -2.11. The van der Waals surface area contributed by atoms with Crippen molar-refractivity contribution in [1.29, 1.82) is 0 Å². The van der Waals surface area contributed by atoms with E-state index in [1.807, 2.05) is 27.0 Å². The summed E-state index contributed by atoms with van der Waals surface area (Å²) in [5.74, 6) is -0.642. The molecule has 75 heavy (non-hydrogen) atoms. The third-order valence-corrected chi connectivity index (χ3v) is 11.9. The number of methoxy groups -OCH3 is 3. The highest BCUT2D eigenvalue weighted by Gasteiger charge is 2.19. The lowest BCUT2D eigenvalue weighted by molar-refractivity contribution is 0.0584. The molecule has 0 saturated carbocycles. The van der Waals surface area contributed by atoms with Crippen molar-refractivity contribution in [2.24, 2.45) is 0 Å². The molecule has 6 heterocycles. The van der Waals surface area contributed by atoms with Gasteiger partial charge in [-0.15, -0.1) is 11.6 Å². The van der Waals surface area contributed by atoms with Crippen molar-refractivity contribution >= 4 is 138 Å². The normalized spacial score (nSPS) is 10.1. The van der Waals surface area contributed by atoms with Gasteiger partial charge in [-0.05, 0) is 12.5 Å². The number of carbonyl (C=O) groups is 4. The summed E-state index contributed by atoms with van der Waals surface area (Å²) in [7, 11) is 0.129. The Morgan fingerprint density at radius 2 is 0.853 bits per heavy atom. The molecule has 406 valence electrons. The number of esters is 3. The van der Waals surface area contributed by atoms with Gasteiger partial charge >= 0.3 is 23.9 Å². The molecule has 0 bridgehead atoms. The zero-order valence-electron chi connectivity index (χ0n) is 40.8. The quantitative estimate of drug-likeness (QED) is 0.0380. The number of carbonyl (C=O) groups excluding carboxylic acids is 3. The molecule has 0 atom stereocenters. The average Bonchev–Trinajstić information content (AvgIpc) is 3.41. The van der Waals surface area contributed by atoms with Crippen LogP contribution in [0.1, 0.15) is 91.6 Å². The maximum absolute atomic E-state index is 11.1. The fourth-order valence-electron chi connectivity index (χ4n) is 4.30. The van der Waals surface area contributed by atoms with Crippen LogP contribution in [0.15, 0.2) is 52.7 Å². The van der Waals surface area contributed by atoms with Crippen molar-refractivity contribution in [2.45, 2.75) is 68.0 Å². The van der Waals surface area contributed by atoms with Crippen LogP contribution in [0.3, 0.4) is 0 Å². The number of aryl methyl sites for hydroxylation is 3. The number of nitrogens with zero attached hydrogens (tertiary/aromatic N) is 12. The van der Waals surface area contributed by atoms with Crippen LogP contribution in [-0.4, -0.2) is 142 Å². The van der Waals surface area contributed by atoms with Crippen molar-refractivity contribution in [1.82, 2.24) is 59.8 Å². The van der Waals surface area contributed by atoms with Crippen molar-refractivity contribution in [3.8, 4) is 0 Å². The highest BCUT2D eigenvalue weighted by Crippen LogP contribution is 2.19. The molecule has 6 aromatic heterocycles. The van der Waals surface area contributed by atoms with Crippen molar-refractivity contribution < 1.29 is 52.0 Å². The number of carboxylic acids is 1. The number of hydrogen-bond acceptors (Lipinski definition) is 24. The summed E-state index contributed by atoms with van der Waals surface area (Å²) in [5.41, 5.74) is 1.00. The van der Waals surface area contributed by atoms with Gasteiger partial charge in [-0.3, -0.25) is 0 Å². The summed E-state index contributed by atoms with van der Waals surface area (Å²) in [6, 6.07) is 0. The van der Waals surface area contributed by atoms with Crippen LogP contribution < -0.4 is 0 Å². The van der Waals surface area contributed by atoms with Crippen LogP contribution in [-0.2, 0) is 55.8 Å². The van der Waals surface area contributed by atoms with Crippen molar-refractivity contribution in [2.75, 3.05) is 40.1 Å². The molecular formula is C42H45Cl7N12O11S3. The first kappa shape index (κ1) is 68.0. The molecule has 0 radical (unpaired) electrons. The number of aliphatic hydroxyl groups is 1. The van der Waals surface area contributed by atoms with Crippen LogP contribution in [0.4, 0.5) is 0 Å². The Hall–Kier alpha value is -5.00. The van der Waals surface area contributed by atoms with E-state index in [9.17, 15) is 27.6 Å². The zero-order valence-corrected chi connectivity index (χ0v) is 48.5. The lowest BCUT2D eigenvalue weighted by atomic mass is 10.3. The van der Waals surface area contributed by atoms with Crippen molar-refractivity contribution in [3.05, 3.63) is 119 Å². The fraction of sp³-hybridized carbons (Fsp3) is 0.333. The third-order valence-electron chi connectivity index (χ3n) is 7.95. The maximum atomic E-state index is 11.1. The highest BCUT2D eigenvalue weighted by molar-refractivity contribution is 7.98. The second-order valence-corrected chi connectivity index (χ2v) is 19.2. The van der Waals surface area contributed by atoms with E-state index in [2.05, 4.69) is 74.0 Å². The van der Waals surface area contributed by atoms with Crippen LogP contribution in [0.5, 0.6) is 0 Å². The third kappa shape index (κ3) is 23.4. The number of sulfone groups is 1. The summed E-state index contributed by atoms with van der Waals surface area (Å²) < 4.78 is 35.5. The predicted molar refractivity (Wildman–Crippen MR) is 284 cm³/mol. The molecule has 0 aromatic carbocycles. The average molecular weight is 1240 g/mol. The van der Waals surface area contributed by atoms with E-state index in [0.717, 1.165) is 38.2 Å². The molecule has 0 aliphatic heterocycles. The Balaban J connectivity index is 0.000000451. The summed E-state index contributed by atoms with van der Waals surface area (Å²) in [6.07, 6.45) is 14.9. The number of halogens is 7. The topological polar surface area (TPSA) is 325 Å². The predicted octanol–water partition coefficient (Wildman–Crippen LogP) is 8.60. The van der Waals surface area contributed by atoms with E-state index >= 15 is 0 Å². The number of aliphatic hydroxyl groups excluding tert-OH is 1. The number of alkyl halides is 1. The first-order chi connectivity index (χ1) is 35.4. The van der Waals surface area contributed by atoms with Crippen LogP contribution in [0.2, 0.25) is 30.1 Å². The van der Waals surface area contributed by atoms with Gasteiger partial charge in [-0.2, -0.15) is 0 Å². The molecule has 6 aromatic rings. The molecule has 0 saturated heterocycles. The van der Waals surface area contributed by atoms with Gasteiger partial charge < -0.3 is 24.4 Å². The van der Waals surface area contributed by atoms with Crippen LogP contribution in [0.25, 0.3) is 0 Å². The number of thioether (sulfide) groups is 2. The van der Waals surface area contributed by atoms with Gasteiger partial charge in [-0.1, -0.05) is 114 Å². The molecule has 33 heteroatoms. The van der Waals surface area contributed by atoms with Gasteiger partial charge in [0.25, 0.3) is 0 Å². The number of rotatable bonds is 12. The second-order valence-electron chi connectivity index (χ2n) is 13.0. The second kappa shape index (κ2) is 35.4. The number of hydrogen-bond donors (Lipinski definition) is 2. The van der Waals surface area contributed by atoms with Crippen molar-refractivity contribution in [3.63, 3.8) is 0 Å². The molecule has 0 aliphatic rings.